The lowest BCUT2D eigenvalue weighted by Crippen LogP contribution is -2.46. The lowest BCUT2D eigenvalue weighted by atomic mass is 10.2. The van der Waals surface area contributed by atoms with Crippen LogP contribution in [0, 0.1) is 6.92 Å². The van der Waals surface area contributed by atoms with Crippen molar-refractivity contribution in [2.75, 3.05) is 19.8 Å². The number of carbonyl (C=O) groups excluding carboxylic acids is 1. The topological polar surface area (TPSA) is 77.7 Å². The van der Waals surface area contributed by atoms with E-state index in [1.54, 1.807) is 11.8 Å². The molecule has 0 N–H and O–H groups in total. The lowest BCUT2D eigenvalue weighted by molar-refractivity contribution is -0.0354. The number of nitrogens with zero attached hydrogens (tertiary/aromatic N) is 3. The Hall–Kier alpha value is -1.63. The maximum atomic E-state index is 12.2. The molecule has 2 heterocycles. The van der Waals surface area contributed by atoms with Crippen molar-refractivity contribution in [3.8, 4) is 0 Å². The van der Waals surface area contributed by atoms with E-state index in [1.165, 1.54) is 0 Å². The Morgan fingerprint density at radius 2 is 2.21 bits per heavy atom. The number of amides is 1. The van der Waals surface area contributed by atoms with Crippen molar-refractivity contribution in [1.82, 2.24) is 15.0 Å². The molecule has 1 atom stereocenters. The highest BCUT2D eigenvalue weighted by Crippen LogP contribution is 2.24. The first-order chi connectivity index (χ1) is 8.87. The second kappa shape index (κ2) is 5.16. The summed E-state index contributed by atoms with van der Waals surface area (Å²) in [5.41, 5.74) is -0.535. The third-order valence-corrected chi connectivity index (χ3v) is 2.60. The predicted octanol–water partition coefficient (Wildman–Crippen LogP) is 1.69. The van der Waals surface area contributed by atoms with Crippen LogP contribution in [-0.2, 0) is 9.47 Å². The van der Waals surface area contributed by atoms with Gasteiger partial charge in [0, 0.05) is 13.5 Å². The fourth-order valence-electron chi connectivity index (χ4n) is 1.81. The summed E-state index contributed by atoms with van der Waals surface area (Å²) in [5, 5.41) is 3.85. The van der Waals surface area contributed by atoms with Crippen molar-refractivity contribution in [3.05, 3.63) is 11.7 Å². The highest BCUT2D eigenvalue weighted by atomic mass is 16.6. The molecule has 1 unspecified atom stereocenters. The van der Waals surface area contributed by atoms with Crippen LogP contribution >= 0.6 is 0 Å². The van der Waals surface area contributed by atoms with Gasteiger partial charge < -0.3 is 14.0 Å². The van der Waals surface area contributed by atoms with Gasteiger partial charge in [-0.3, -0.25) is 4.90 Å². The second-order valence-corrected chi connectivity index (χ2v) is 5.44. The van der Waals surface area contributed by atoms with Crippen molar-refractivity contribution in [2.24, 2.45) is 0 Å². The van der Waals surface area contributed by atoms with Gasteiger partial charge in [0.1, 0.15) is 11.6 Å². The number of aryl methyl sites for hydroxylation is 1. The van der Waals surface area contributed by atoms with E-state index in [0.717, 1.165) is 0 Å². The van der Waals surface area contributed by atoms with Crippen molar-refractivity contribution in [3.63, 3.8) is 0 Å². The Morgan fingerprint density at radius 1 is 1.47 bits per heavy atom. The van der Waals surface area contributed by atoms with Crippen LogP contribution < -0.4 is 0 Å². The predicted molar refractivity (Wildman–Crippen MR) is 65.5 cm³/mol. The fourth-order valence-corrected chi connectivity index (χ4v) is 1.81. The van der Waals surface area contributed by atoms with Gasteiger partial charge >= 0.3 is 6.09 Å². The Kier molecular flexibility index (Phi) is 3.75. The molecule has 1 aromatic heterocycles. The molecule has 1 aliphatic heterocycles. The summed E-state index contributed by atoms with van der Waals surface area (Å²) in [6.07, 6.45) is -0.386. The first kappa shape index (κ1) is 13.8. The number of ether oxygens (including phenoxy) is 2. The molecule has 19 heavy (non-hydrogen) atoms. The van der Waals surface area contributed by atoms with E-state index in [2.05, 4.69) is 10.1 Å². The van der Waals surface area contributed by atoms with Gasteiger partial charge in [-0.1, -0.05) is 5.16 Å². The molecule has 0 aliphatic carbocycles. The molecule has 2 rings (SSSR count). The molecule has 0 bridgehead atoms. The summed E-state index contributed by atoms with van der Waals surface area (Å²) in [4.78, 5) is 17.9. The maximum absolute atomic E-state index is 12.2. The van der Waals surface area contributed by atoms with Crippen LogP contribution in [-0.4, -0.2) is 46.5 Å². The smallest absolute Gasteiger partial charge is 0.411 e. The first-order valence-electron chi connectivity index (χ1n) is 6.24. The molecule has 1 saturated heterocycles. The van der Waals surface area contributed by atoms with E-state index in [9.17, 15) is 4.79 Å². The molecule has 1 amide bonds. The zero-order valence-corrected chi connectivity index (χ0v) is 11.7. The van der Waals surface area contributed by atoms with Gasteiger partial charge in [-0.15, -0.1) is 0 Å². The molecule has 0 saturated carbocycles. The normalized spacial score (nSPS) is 20.4. The lowest BCUT2D eigenvalue weighted by Gasteiger charge is -2.34. The minimum absolute atomic E-state index is 0.345. The molecule has 7 nitrogen and oxygen atoms in total. The van der Waals surface area contributed by atoms with E-state index >= 15 is 0 Å². The number of rotatable bonds is 1. The molecule has 7 heteroatoms. The molecule has 0 spiro atoms. The van der Waals surface area contributed by atoms with Crippen LogP contribution in [0.15, 0.2) is 4.52 Å². The van der Waals surface area contributed by atoms with Gasteiger partial charge in [-0.2, -0.15) is 4.98 Å². The molecule has 1 aromatic rings. The van der Waals surface area contributed by atoms with E-state index in [1.807, 2.05) is 20.8 Å². The third-order valence-electron chi connectivity index (χ3n) is 2.60. The van der Waals surface area contributed by atoms with Crippen LogP contribution in [0.1, 0.15) is 38.5 Å². The molecule has 1 aliphatic rings. The highest BCUT2D eigenvalue weighted by molar-refractivity contribution is 5.68. The van der Waals surface area contributed by atoms with Crippen LogP contribution in [0.3, 0.4) is 0 Å². The minimum atomic E-state index is -0.535. The van der Waals surface area contributed by atoms with Crippen LogP contribution in [0.4, 0.5) is 4.79 Å². The van der Waals surface area contributed by atoms with Gasteiger partial charge in [-0.05, 0) is 20.8 Å². The first-order valence-corrected chi connectivity index (χ1v) is 6.24. The van der Waals surface area contributed by atoms with Gasteiger partial charge in [0.2, 0.25) is 5.89 Å². The molecule has 0 radical (unpaired) electrons. The average Bonchev–Trinajstić information content (AvgIpc) is 2.73. The Labute approximate surface area is 111 Å². The van der Waals surface area contributed by atoms with E-state index in [0.29, 0.717) is 31.5 Å². The third kappa shape index (κ3) is 3.44. The molecule has 106 valence electrons. The van der Waals surface area contributed by atoms with E-state index in [4.69, 9.17) is 14.0 Å². The number of hydrogen-bond donors (Lipinski definition) is 0. The molecule has 0 aromatic carbocycles. The summed E-state index contributed by atoms with van der Waals surface area (Å²) in [5.74, 6) is 0.910. The molecular formula is C12H19N3O4. The summed E-state index contributed by atoms with van der Waals surface area (Å²) in [6.45, 7) is 8.48. The fraction of sp³-hybridized carbons (Fsp3) is 0.750. The number of aromatic nitrogens is 2. The Bertz CT molecular complexity index is 452. The number of carbonyl (C=O) groups is 1. The summed E-state index contributed by atoms with van der Waals surface area (Å²) in [7, 11) is 0. The largest absolute Gasteiger partial charge is 0.444 e. The van der Waals surface area contributed by atoms with Gasteiger partial charge in [0.25, 0.3) is 0 Å². The second-order valence-electron chi connectivity index (χ2n) is 5.44. The number of morpholine rings is 1. The average molecular weight is 269 g/mol. The van der Waals surface area contributed by atoms with Crippen molar-refractivity contribution in [2.45, 2.75) is 39.3 Å². The maximum Gasteiger partial charge on any atom is 0.411 e. The van der Waals surface area contributed by atoms with Crippen molar-refractivity contribution >= 4 is 6.09 Å². The standard InChI is InChI=1S/C12H19N3O4/c1-8-13-10(14-19-8)9-7-17-6-5-15(9)11(16)18-12(2,3)4/h9H,5-7H2,1-4H3. The zero-order chi connectivity index (χ0) is 14.0. The van der Waals surface area contributed by atoms with Crippen molar-refractivity contribution in [1.29, 1.82) is 0 Å². The van der Waals surface area contributed by atoms with Crippen LogP contribution in [0.25, 0.3) is 0 Å². The zero-order valence-electron chi connectivity index (χ0n) is 11.7. The van der Waals surface area contributed by atoms with Gasteiger partial charge in [-0.25, -0.2) is 4.79 Å². The van der Waals surface area contributed by atoms with Crippen LogP contribution in [0.5, 0.6) is 0 Å². The quantitative estimate of drug-likeness (QED) is 0.772. The summed E-state index contributed by atoms with van der Waals surface area (Å²) >= 11 is 0. The minimum Gasteiger partial charge on any atom is -0.444 e. The molecule has 1 fully saturated rings. The summed E-state index contributed by atoms with van der Waals surface area (Å²) in [6, 6.07) is -0.360. The SMILES string of the molecule is Cc1nc(C2COCCN2C(=O)OC(C)(C)C)no1. The Balaban J connectivity index is 2.14. The van der Waals surface area contributed by atoms with Crippen molar-refractivity contribution < 1.29 is 18.8 Å². The summed E-state index contributed by atoms with van der Waals surface area (Å²) < 4.78 is 15.7. The highest BCUT2D eigenvalue weighted by Gasteiger charge is 2.34. The van der Waals surface area contributed by atoms with Gasteiger partial charge in [0.15, 0.2) is 5.82 Å². The van der Waals surface area contributed by atoms with Crippen LogP contribution in [0.2, 0.25) is 0 Å². The van der Waals surface area contributed by atoms with E-state index in [-0.39, 0.29) is 12.1 Å². The monoisotopic (exact) mass is 269 g/mol. The molecular weight excluding hydrogens is 250 g/mol. The Morgan fingerprint density at radius 3 is 2.79 bits per heavy atom. The van der Waals surface area contributed by atoms with Gasteiger partial charge in [0.05, 0.1) is 13.2 Å². The van der Waals surface area contributed by atoms with E-state index < -0.39 is 5.60 Å². The number of hydrogen-bond acceptors (Lipinski definition) is 6.